The van der Waals surface area contributed by atoms with E-state index < -0.39 is 11.5 Å². The van der Waals surface area contributed by atoms with E-state index in [1.807, 2.05) is 25.1 Å². The maximum atomic E-state index is 13.3. The number of nitrogens with zero attached hydrogens (tertiary/aromatic N) is 3. The van der Waals surface area contributed by atoms with E-state index in [0.717, 1.165) is 22.0 Å². The van der Waals surface area contributed by atoms with E-state index in [-0.39, 0.29) is 11.9 Å². The van der Waals surface area contributed by atoms with Gasteiger partial charge in [-0.05, 0) is 48.4 Å². The smallest absolute Gasteiger partial charge is 0.239 e. The van der Waals surface area contributed by atoms with Gasteiger partial charge in [-0.2, -0.15) is 5.10 Å². The molecule has 0 unspecified atom stereocenters. The lowest BCUT2D eigenvalue weighted by atomic mass is 9.74. The maximum absolute atomic E-state index is 13.3. The number of amides is 1. The van der Waals surface area contributed by atoms with Crippen molar-refractivity contribution in [3.05, 3.63) is 65.4 Å². The lowest BCUT2D eigenvalue weighted by Gasteiger charge is -2.41. The number of fused-ring (bicyclic) bond motifs is 1. The van der Waals surface area contributed by atoms with Gasteiger partial charge >= 0.3 is 0 Å². The molecule has 0 radical (unpaired) electrons. The highest BCUT2D eigenvalue weighted by atomic mass is 16.2. The summed E-state index contributed by atoms with van der Waals surface area (Å²) in [7, 11) is 1.68. The Labute approximate surface area is 163 Å². The molecule has 3 N–H and O–H groups in total. The predicted molar refractivity (Wildman–Crippen MR) is 109 cm³/mol. The number of carbonyl (C=O) groups excluding carboxylic acids is 1. The first kappa shape index (κ1) is 17.0. The molecule has 2 aliphatic rings. The van der Waals surface area contributed by atoms with Crippen molar-refractivity contribution in [2.45, 2.75) is 37.1 Å². The Morgan fingerprint density at radius 3 is 2.57 bits per heavy atom. The molecule has 5 rings (SSSR count). The fraction of sp³-hybridized carbons (Fsp3) is 0.318. The molecule has 2 aromatic carbocycles. The number of carbonyl (C=O) groups is 1. The molecule has 1 aromatic heterocycles. The Hall–Kier alpha value is -3.15. The molecule has 1 fully saturated rings. The molecular weight excluding hydrogens is 350 g/mol. The van der Waals surface area contributed by atoms with Crippen LogP contribution in [0.15, 0.2) is 53.7 Å². The highest BCUT2D eigenvalue weighted by molar-refractivity contribution is 6.02. The maximum Gasteiger partial charge on any atom is 0.239 e. The number of aliphatic imine (C=N–C) groups is 1. The van der Waals surface area contributed by atoms with Crippen molar-refractivity contribution in [1.82, 2.24) is 15.1 Å². The summed E-state index contributed by atoms with van der Waals surface area (Å²) in [5, 5.41) is 8.13. The SMILES string of the molecule is CN1C(=O)[C@H](c2ccc(C3CC3)cc2)[C@@](C)(c2ccc3cn[nH]c3c2)N=C1N. The molecule has 6 nitrogen and oxygen atoms in total. The minimum atomic E-state index is -0.798. The zero-order chi connectivity index (χ0) is 19.5. The number of hydrogen-bond donors (Lipinski definition) is 2. The third kappa shape index (κ3) is 2.52. The zero-order valence-electron chi connectivity index (χ0n) is 16.0. The van der Waals surface area contributed by atoms with Crippen molar-refractivity contribution in [2.75, 3.05) is 7.05 Å². The molecule has 2 heterocycles. The first-order valence-corrected chi connectivity index (χ1v) is 9.64. The molecule has 28 heavy (non-hydrogen) atoms. The van der Waals surface area contributed by atoms with E-state index in [2.05, 4.69) is 34.5 Å². The number of hydrogen-bond acceptors (Lipinski definition) is 4. The topological polar surface area (TPSA) is 87.4 Å². The number of benzene rings is 2. The molecule has 2 atom stereocenters. The quantitative estimate of drug-likeness (QED) is 0.739. The van der Waals surface area contributed by atoms with Crippen LogP contribution in [0.4, 0.5) is 0 Å². The van der Waals surface area contributed by atoms with Crippen LogP contribution in [0.5, 0.6) is 0 Å². The van der Waals surface area contributed by atoms with Crippen LogP contribution in [0.25, 0.3) is 10.9 Å². The molecular formula is C22H23N5O. The second-order valence-electron chi connectivity index (χ2n) is 8.06. The van der Waals surface area contributed by atoms with E-state index in [4.69, 9.17) is 10.7 Å². The van der Waals surface area contributed by atoms with E-state index in [9.17, 15) is 4.79 Å². The van der Waals surface area contributed by atoms with Gasteiger partial charge in [-0.3, -0.25) is 14.8 Å². The first-order valence-electron chi connectivity index (χ1n) is 9.64. The molecule has 0 spiro atoms. The average Bonchev–Trinajstić information content (AvgIpc) is 3.43. The van der Waals surface area contributed by atoms with Gasteiger partial charge < -0.3 is 5.73 Å². The molecule has 3 aromatic rings. The largest absolute Gasteiger partial charge is 0.369 e. The number of likely N-dealkylation sites (N-methyl/N-ethyl adjacent to an activating group) is 1. The van der Waals surface area contributed by atoms with Crippen LogP contribution in [0.2, 0.25) is 0 Å². The van der Waals surface area contributed by atoms with Crippen molar-refractivity contribution < 1.29 is 4.79 Å². The normalized spacial score (nSPS) is 25.2. The highest BCUT2D eigenvalue weighted by Crippen LogP contribution is 2.45. The van der Waals surface area contributed by atoms with Crippen LogP contribution < -0.4 is 5.73 Å². The van der Waals surface area contributed by atoms with Crippen molar-refractivity contribution in [3.8, 4) is 0 Å². The fourth-order valence-electron chi connectivity index (χ4n) is 4.25. The van der Waals surface area contributed by atoms with E-state index in [1.165, 1.54) is 23.3 Å². The van der Waals surface area contributed by atoms with Gasteiger partial charge in [0.25, 0.3) is 0 Å². The number of nitrogens with one attached hydrogen (secondary N) is 1. The van der Waals surface area contributed by atoms with Crippen molar-refractivity contribution in [2.24, 2.45) is 10.7 Å². The van der Waals surface area contributed by atoms with Gasteiger partial charge in [-0.15, -0.1) is 0 Å². The van der Waals surface area contributed by atoms with Crippen LogP contribution in [-0.4, -0.2) is 34.0 Å². The van der Waals surface area contributed by atoms with Crippen molar-refractivity contribution in [3.63, 3.8) is 0 Å². The summed E-state index contributed by atoms with van der Waals surface area (Å²) < 4.78 is 0. The summed E-state index contributed by atoms with van der Waals surface area (Å²) in [6, 6.07) is 14.5. The van der Waals surface area contributed by atoms with Crippen LogP contribution in [0.1, 0.15) is 48.3 Å². The minimum absolute atomic E-state index is 0.0427. The number of rotatable bonds is 3. The first-order chi connectivity index (χ1) is 13.5. The molecule has 0 saturated heterocycles. The van der Waals surface area contributed by atoms with Gasteiger partial charge in [-0.25, -0.2) is 4.99 Å². The lowest BCUT2D eigenvalue weighted by Crippen LogP contribution is -2.52. The van der Waals surface area contributed by atoms with Gasteiger partial charge in [0, 0.05) is 12.4 Å². The van der Waals surface area contributed by atoms with E-state index >= 15 is 0 Å². The third-order valence-electron chi connectivity index (χ3n) is 6.18. The summed E-state index contributed by atoms with van der Waals surface area (Å²) >= 11 is 0. The molecule has 1 aliphatic heterocycles. The summed E-state index contributed by atoms with van der Waals surface area (Å²) in [5.41, 5.74) is 9.49. The molecule has 1 aliphatic carbocycles. The fourth-order valence-corrected chi connectivity index (χ4v) is 4.25. The van der Waals surface area contributed by atoms with Gasteiger partial charge in [-0.1, -0.05) is 36.4 Å². The molecule has 142 valence electrons. The van der Waals surface area contributed by atoms with Crippen LogP contribution >= 0.6 is 0 Å². The van der Waals surface area contributed by atoms with Gasteiger partial charge in [0.05, 0.1) is 17.6 Å². The van der Waals surface area contributed by atoms with Crippen molar-refractivity contribution in [1.29, 1.82) is 0 Å². The lowest BCUT2D eigenvalue weighted by molar-refractivity contribution is -0.130. The molecule has 6 heteroatoms. The van der Waals surface area contributed by atoms with E-state index in [0.29, 0.717) is 5.92 Å². The Balaban J connectivity index is 1.65. The molecule has 0 bridgehead atoms. The summed E-state index contributed by atoms with van der Waals surface area (Å²) in [6.45, 7) is 1.99. The highest BCUT2D eigenvalue weighted by Gasteiger charge is 2.47. The number of aromatic nitrogens is 2. The third-order valence-corrected chi connectivity index (χ3v) is 6.18. The summed E-state index contributed by atoms with van der Waals surface area (Å²) in [4.78, 5) is 19.6. The number of aromatic amines is 1. The summed E-state index contributed by atoms with van der Waals surface area (Å²) in [5.74, 6) is 0.432. The van der Waals surface area contributed by atoms with Crippen LogP contribution in [0.3, 0.4) is 0 Å². The molecule has 1 amide bonds. The molecule has 1 saturated carbocycles. The Morgan fingerprint density at radius 1 is 1.14 bits per heavy atom. The average molecular weight is 373 g/mol. The second kappa shape index (κ2) is 5.92. The Bertz CT molecular complexity index is 1100. The predicted octanol–water partition coefficient (Wildman–Crippen LogP) is 3.23. The van der Waals surface area contributed by atoms with Crippen LogP contribution in [-0.2, 0) is 10.3 Å². The minimum Gasteiger partial charge on any atom is -0.369 e. The number of guanidine groups is 1. The van der Waals surface area contributed by atoms with Gasteiger partial charge in [0.2, 0.25) is 5.91 Å². The monoisotopic (exact) mass is 373 g/mol. The van der Waals surface area contributed by atoms with Crippen molar-refractivity contribution >= 4 is 22.8 Å². The van der Waals surface area contributed by atoms with E-state index in [1.54, 1.807) is 13.2 Å². The van der Waals surface area contributed by atoms with Crippen LogP contribution in [0, 0.1) is 0 Å². The Kier molecular flexibility index (Phi) is 3.59. The zero-order valence-corrected chi connectivity index (χ0v) is 16.0. The van der Waals surface area contributed by atoms with Gasteiger partial charge in [0.15, 0.2) is 5.96 Å². The number of nitrogens with two attached hydrogens (primary N) is 1. The number of H-pyrrole nitrogens is 1. The van der Waals surface area contributed by atoms with Gasteiger partial charge in [0.1, 0.15) is 5.54 Å². The second-order valence-corrected chi connectivity index (χ2v) is 8.06. The Morgan fingerprint density at radius 2 is 1.86 bits per heavy atom. The standard InChI is InChI=1S/C22H23N5O/c1-22(17-10-9-16-12-24-26-18(16)11-17)19(20(28)27(2)21(23)25-22)15-7-5-14(6-8-15)13-3-4-13/h5-13,19H,3-4H2,1-2H3,(H2,23,25)(H,24,26)/t19-,22+/m0/s1. The summed E-state index contributed by atoms with van der Waals surface area (Å²) in [6.07, 6.45) is 4.30.